The fourth-order valence-corrected chi connectivity index (χ4v) is 2.27. The number of nitrogens with zero attached hydrogens (tertiary/aromatic N) is 3. The third-order valence-corrected chi connectivity index (χ3v) is 3.19. The highest BCUT2D eigenvalue weighted by Gasteiger charge is 2.23. The van der Waals surface area contributed by atoms with Gasteiger partial charge in [-0.1, -0.05) is 12.1 Å². The van der Waals surface area contributed by atoms with Gasteiger partial charge in [0.2, 0.25) is 0 Å². The molecule has 3 rings (SSSR count). The van der Waals surface area contributed by atoms with Gasteiger partial charge in [-0.05, 0) is 26.0 Å². The van der Waals surface area contributed by atoms with Gasteiger partial charge in [0.1, 0.15) is 0 Å². The second kappa shape index (κ2) is 4.05. The standard InChI is InChI=1S/C14H14N4O/c1-8-6-12(19)18-14(16-8)9(2)13(17-18)10-4-3-5-11(15)7-10/h3-5,7H,6,15H2,1-2H3. The Morgan fingerprint density at radius 3 is 2.84 bits per heavy atom. The van der Waals surface area contributed by atoms with Gasteiger partial charge in [0.25, 0.3) is 5.91 Å². The Kier molecular flexibility index (Phi) is 2.48. The zero-order valence-electron chi connectivity index (χ0n) is 10.8. The van der Waals surface area contributed by atoms with Crippen molar-refractivity contribution in [2.75, 3.05) is 5.73 Å². The van der Waals surface area contributed by atoms with Crippen LogP contribution in [0.3, 0.4) is 0 Å². The predicted molar refractivity (Wildman–Crippen MR) is 74.8 cm³/mol. The van der Waals surface area contributed by atoms with Crippen LogP contribution < -0.4 is 5.73 Å². The van der Waals surface area contributed by atoms with E-state index >= 15 is 0 Å². The van der Waals surface area contributed by atoms with Gasteiger partial charge >= 0.3 is 0 Å². The number of nitrogens with two attached hydrogens (primary N) is 1. The highest BCUT2D eigenvalue weighted by atomic mass is 16.2. The summed E-state index contributed by atoms with van der Waals surface area (Å²) in [6.45, 7) is 3.78. The van der Waals surface area contributed by atoms with Crippen molar-refractivity contribution in [3.8, 4) is 11.3 Å². The van der Waals surface area contributed by atoms with Crippen LogP contribution in [0.4, 0.5) is 11.5 Å². The van der Waals surface area contributed by atoms with E-state index in [9.17, 15) is 4.79 Å². The summed E-state index contributed by atoms with van der Waals surface area (Å²) in [6, 6.07) is 7.47. The normalized spacial score (nSPS) is 14.2. The molecule has 2 heterocycles. The lowest BCUT2D eigenvalue weighted by molar-refractivity contribution is 0.0906. The first-order chi connectivity index (χ1) is 9.06. The van der Waals surface area contributed by atoms with Gasteiger partial charge in [-0.15, -0.1) is 0 Å². The van der Waals surface area contributed by atoms with Crippen molar-refractivity contribution in [2.45, 2.75) is 20.3 Å². The molecule has 0 atom stereocenters. The number of carbonyl (C=O) groups excluding carboxylic acids is 1. The van der Waals surface area contributed by atoms with Gasteiger partial charge in [-0.2, -0.15) is 9.78 Å². The van der Waals surface area contributed by atoms with E-state index in [1.807, 2.05) is 38.1 Å². The Labute approximate surface area is 110 Å². The van der Waals surface area contributed by atoms with Crippen LogP contribution in [0.5, 0.6) is 0 Å². The number of rotatable bonds is 1. The number of aliphatic imine (C=N–C) groups is 1. The highest BCUT2D eigenvalue weighted by Crippen LogP contribution is 2.32. The number of aromatic nitrogens is 2. The number of carbonyl (C=O) groups is 1. The number of hydrogen-bond donors (Lipinski definition) is 1. The molecule has 0 spiro atoms. The molecule has 0 radical (unpaired) electrons. The zero-order chi connectivity index (χ0) is 13.6. The van der Waals surface area contributed by atoms with Crippen LogP contribution in [0.25, 0.3) is 11.3 Å². The minimum Gasteiger partial charge on any atom is -0.399 e. The molecule has 5 nitrogen and oxygen atoms in total. The first-order valence-corrected chi connectivity index (χ1v) is 6.09. The monoisotopic (exact) mass is 254 g/mol. The van der Waals surface area contributed by atoms with E-state index in [0.717, 1.165) is 22.5 Å². The van der Waals surface area contributed by atoms with Gasteiger partial charge in [0.15, 0.2) is 5.82 Å². The predicted octanol–water partition coefficient (Wildman–Crippen LogP) is 2.58. The van der Waals surface area contributed by atoms with E-state index in [-0.39, 0.29) is 5.91 Å². The summed E-state index contributed by atoms with van der Waals surface area (Å²) in [6.07, 6.45) is 0.324. The maximum Gasteiger partial charge on any atom is 0.254 e. The van der Waals surface area contributed by atoms with Crippen LogP contribution in [-0.2, 0) is 0 Å². The lowest BCUT2D eigenvalue weighted by Gasteiger charge is -2.09. The number of benzene rings is 1. The van der Waals surface area contributed by atoms with Crippen molar-refractivity contribution in [3.05, 3.63) is 29.8 Å². The molecule has 2 aromatic rings. The van der Waals surface area contributed by atoms with Gasteiger partial charge < -0.3 is 5.73 Å². The second-order valence-electron chi connectivity index (χ2n) is 4.75. The molecule has 0 fully saturated rings. The summed E-state index contributed by atoms with van der Waals surface area (Å²) in [5.74, 6) is 0.590. The maximum atomic E-state index is 12.0. The summed E-state index contributed by atoms with van der Waals surface area (Å²) in [7, 11) is 0. The molecule has 5 heteroatoms. The van der Waals surface area contributed by atoms with E-state index in [2.05, 4.69) is 10.1 Å². The van der Waals surface area contributed by atoms with Gasteiger partial charge in [0.05, 0.1) is 12.1 Å². The molecular weight excluding hydrogens is 240 g/mol. The third kappa shape index (κ3) is 1.83. The number of fused-ring (bicyclic) bond motifs is 1. The van der Waals surface area contributed by atoms with Crippen molar-refractivity contribution in [1.82, 2.24) is 9.78 Å². The van der Waals surface area contributed by atoms with Crippen LogP contribution >= 0.6 is 0 Å². The van der Waals surface area contributed by atoms with Gasteiger partial charge in [-0.25, -0.2) is 4.99 Å². The number of anilines is 1. The van der Waals surface area contributed by atoms with Crippen LogP contribution in [0.1, 0.15) is 23.7 Å². The average Bonchev–Trinajstić information content (AvgIpc) is 2.68. The molecule has 2 N–H and O–H groups in total. The fraction of sp³-hybridized carbons (Fsp3) is 0.214. The summed E-state index contributed by atoms with van der Waals surface area (Å²) < 4.78 is 1.39. The lowest BCUT2D eigenvalue weighted by atomic mass is 10.1. The average molecular weight is 254 g/mol. The minimum atomic E-state index is -0.0410. The number of nitrogen functional groups attached to an aromatic ring is 1. The molecule has 1 aliphatic rings. The molecule has 1 aliphatic heterocycles. The van der Waals surface area contributed by atoms with E-state index in [1.165, 1.54) is 4.68 Å². The Morgan fingerprint density at radius 1 is 1.32 bits per heavy atom. The summed E-state index contributed by atoms with van der Waals surface area (Å²) in [5.41, 5.74) is 9.84. The van der Waals surface area contributed by atoms with Crippen molar-refractivity contribution < 1.29 is 4.79 Å². The number of hydrogen-bond acceptors (Lipinski definition) is 4. The van der Waals surface area contributed by atoms with Crippen LogP contribution in [0.2, 0.25) is 0 Å². The summed E-state index contributed by atoms with van der Waals surface area (Å²) in [4.78, 5) is 16.4. The van der Waals surface area contributed by atoms with E-state index < -0.39 is 0 Å². The fourth-order valence-electron chi connectivity index (χ4n) is 2.27. The topological polar surface area (TPSA) is 73.3 Å². The molecule has 0 bridgehead atoms. The molecule has 0 unspecified atom stereocenters. The molecule has 1 aromatic heterocycles. The van der Waals surface area contributed by atoms with E-state index in [1.54, 1.807) is 0 Å². The minimum absolute atomic E-state index is 0.0410. The molecule has 1 aromatic carbocycles. The first-order valence-electron chi connectivity index (χ1n) is 6.09. The molecule has 0 amide bonds. The second-order valence-corrected chi connectivity index (χ2v) is 4.75. The molecule has 19 heavy (non-hydrogen) atoms. The van der Waals surface area contributed by atoms with Crippen LogP contribution in [0.15, 0.2) is 29.3 Å². The smallest absolute Gasteiger partial charge is 0.254 e. The molecule has 0 saturated heterocycles. The molecule has 0 aliphatic carbocycles. The van der Waals surface area contributed by atoms with E-state index in [0.29, 0.717) is 17.9 Å². The SMILES string of the molecule is CC1=Nc2c(C)c(-c3cccc(N)c3)nn2C(=O)C1. The van der Waals surface area contributed by atoms with E-state index in [4.69, 9.17) is 5.73 Å². The Morgan fingerprint density at radius 2 is 2.11 bits per heavy atom. The van der Waals surface area contributed by atoms with Gasteiger partial charge in [-0.3, -0.25) is 4.79 Å². The Balaban J connectivity index is 2.21. The Hall–Kier alpha value is -2.43. The van der Waals surface area contributed by atoms with Crippen molar-refractivity contribution in [1.29, 1.82) is 0 Å². The highest BCUT2D eigenvalue weighted by molar-refractivity contribution is 6.05. The molecule has 96 valence electrons. The zero-order valence-corrected chi connectivity index (χ0v) is 10.8. The summed E-state index contributed by atoms with van der Waals surface area (Å²) in [5, 5.41) is 4.38. The largest absolute Gasteiger partial charge is 0.399 e. The van der Waals surface area contributed by atoms with Gasteiger partial charge in [0, 0.05) is 22.5 Å². The molecular formula is C14H14N4O. The maximum absolute atomic E-state index is 12.0. The molecule has 0 saturated carbocycles. The lowest BCUT2D eigenvalue weighted by Crippen LogP contribution is -2.19. The van der Waals surface area contributed by atoms with Crippen molar-refractivity contribution in [2.24, 2.45) is 4.99 Å². The van der Waals surface area contributed by atoms with Crippen LogP contribution in [-0.4, -0.2) is 21.4 Å². The van der Waals surface area contributed by atoms with Crippen molar-refractivity contribution in [3.63, 3.8) is 0 Å². The Bertz CT molecular complexity index is 712. The van der Waals surface area contributed by atoms with Crippen LogP contribution in [0, 0.1) is 6.92 Å². The third-order valence-electron chi connectivity index (χ3n) is 3.19. The van der Waals surface area contributed by atoms with Crippen molar-refractivity contribution >= 4 is 23.1 Å². The first kappa shape index (κ1) is 11.6. The quantitative estimate of drug-likeness (QED) is 0.795. The summed E-state index contributed by atoms with van der Waals surface area (Å²) >= 11 is 0.